The molecule has 4 nitrogen and oxygen atoms in total. The molecule has 2 N–H and O–H groups in total. The molecule has 1 aromatic carbocycles. The van der Waals surface area contributed by atoms with Crippen molar-refractivity contribution in [3.05, 3.63) is 52.0 Å². The molecule has 0 unspecified atom stereocenters. The summed E-state index contributed by atoms with van der Waals surface area (Å²) in [6.45, 7) is 4.35. The average Bonchev–Trinajstić information content (AvgIpc) is 3.16. The Morgan fingerprint density at radius 2 is 2.14 bits per heavy atom. The first-order valence-corrected chi connectivity index (χ1v) is 8.57. The molecule has 1 fully saturated rings. The van der Waals surface area contributed by atoms with Crippen molar-refractivity contribution in [2.75, 3.05) is 26.7 Å². The largest absolute Gasteiger partial charge is 0.378 e. The highest BCUT2D eigenvalue weighted by molar-refractivity contribution is 7.09. The smallest absolute Gasteiger partial charge is 0.119 e. The second kappa shape index (κ2) is 7.33. The molecular formula is C17H23N3OS. The predicted octanol–water partition coefficient (Wildman–Crippen LogP) is 2.46. The summed E-state index contributed by atoms with van der Waals surface area (Å²) >= 11 is 1.67. The van der Waals surface area contributed by atoms with Crippen LogP contribution in [0.4, 0.5) is 0 Å². The molecule has 1 aliphatic heterocycles. The maximum Gasteiger partial charge on any atom is 0.119 e. The zero-order chi connectivity index (χ0) is 15.4. The Hall–Kier alpha value is -1.27. The van der Waals surface area contributed by atoms with E-state index in [0.717, 1.165) is 36.9 Å². The summed E-state index contributed by atoms with van der Waals surface area (Å²) in [5.74, 6) is 1.06. The van der Waals surface area contributed by atoms with Crippen molar-refractivity contribution in [2.45, 2.75) is 19.1 Å². The van der Waals surface area contributed by atoms with Crippen LogP contribution in [-0.4, -0.2) is 36.6 Å². The molecule has 1 aromatic heterocycles. The molecule has 2 aromatic rings. The molecule has 0 saturated carbocycles. The van der Waals surface area contributed by atoms with E-state index in [2.05, 4.69) is 45.6 Å². The third kappa shape index (κ3) is 3.55. The van der Waals surface area contributed by atoms with Gasteiger partial charge in [0.1, 0.15) is 5.01 Å². The van der Waals surface area contributed by atoms with E-state index in [-0.39, 0.29) is 0 Å². The van der Waals surface area contributed by atoms with E-state index in [9.17, 15) is 0 Å². The minimum absolute atomic E-state index is 0.527. The Labute approximate surface area is 135 Å². The molecule has 1 saturated heterocycles. The first kappa shape index (κ1) is 15.6. The zero-order valence-electron chi connectivity index (χ0n) is 12.9. The minimum Gasteiger partial charge on any atom is -0.378 e. The van der Waals surface area contributed by atoms with Gasteiger partial charge in [-0.15, -0.1) is 11.3 Å². The van der Waals surface area contributed by atoms with Gasteiger partial charge in [0.15, 0.2) is 0 Å². The molecule has 0 amide bonds. The summed E-state index contributed by atoms with van der Waals surface area (Å²) in [4.78, 5) is 7.11. The van der Waals surface area contributed by atoms with Crippen LogP contribution < -0.4 is 5.73 Å². The average molecular weight is 317 g/mol. The summed E-state index contributed by atoms with van der Waals surface area (Å²) in [5.41, 5.74) is 8.55. The van der Waals surface area contributed by atoms with Gasteiger partial charge in [-0.2, -0.15) is 0 Å². The quantitative estimate of drug-likeness (QED) is 0.889. The van der Waals surface area contributed by atoms with Gasteiger partial charge in [0.2, 0.25) is 0 Å². The lowest BCUT2D eigenvalue weighted by Crippen LogP contribution is -2.23. The number of thiazole rings is 1. The first-order chi connectivity index (χ1) is 10.8. The molecule has 3 rings (SSSR count). The van der Waals surface area contributed by atoms with Crippen LogP contribution in [0.15, 0.2) is 35.7 Å². The fraction of sp³-hybridized carbons (Fsp3) is 0.471. The Kier molecular flexibility index (Phi) is 5.20. The van der Waals surface area contributed by atoms with Crippen molar-refractivity contribution in [2.24, 2.45) is 11.7 Å². The van der Waals surface area contributed by atoms with Gasteiger partial charge in [0.05, 0.1) is 12.3 Å². The molecule has 0 radical (unpaired) electrons. The summed E-state index contributed by atoms with van der Waals surface area (Å²) in [6, 6.07) is 10.7. The summed E-state index contributed by atoms with van der Waals surface area (Å²) in [6.07, 6.45) is 0. The number of benzene rings is 1. The lowest BCUT2D eigenvalue weighted by molar-refractivity contribution is 0.184. The third-order valence-corrected chi connectivity index (χ3v) is 5.17. The van der Waals surface area contributed by atoms with Crippen LogP contribution in [0, 0.1) is 5.92 Å². The summed E-state index contributed by atoms with van der Waals surface area (Å²) in [7, 11) is 1.71. The number of hydrogen-bond acceptors (Lipinski definition) is 5. The molecule has 5 heteroatoms. The van der Waals surface area contributed by atoms with Gasteiger partial charge in [-0.05, 0) is 18.0 Å². The van der Waals surface area contributed by atoms with E-state index in [1.165, 1.54) is 5.56 Å². The standard InChI is InChI=1S/C17H23N3OS/c1-21-11-17-19-15(12-22-17)9-20-8-14(7-18)16(10-20)13-5-3-2-4-6-13/h2-6,12,14,16H,7-11,18H2,1H3/t14-,16+/m1/s1. The second-order valence-corrected chi connectivity index (χ2v) is 6.82. The summed E-state index contributed by atoms with van der Waals surface area (Å²) in [5, 5.41) is 3.19. The van der Waals surface area contributed by atoms with Crippen LogP contribution in [0.3, 0.4) is 0 Å². The fourth-order valence-electron chi connectivity index (χ4n) is 3.25. The fourth-order valence-corrected chi connectivity index (χ4v) is 4.00. The van der Waals surface area contributed by atoms with E-state index < -0.39 is 0 Å². The van der Waals surface area contributed by atoms with Crippen molar-refractivity contribution in [1.82, 2.24) is 9.88 Å². The highest BCUT2D eigenvalue weighted by Crippen LogP contribution is 2.32. The van der Waals surface area contributed by atoms with Crippen molar-refractivity contribution in [1.29, 1.82) is 0 Å². The van der Waals surface area contributed by atoms with E-state index >= 15 is 0 Å². The molecular weight excluding hydrogens is 294 g/mol. The zero-order valence-corrected chi connectivity index (χ0v) is 13.8. The van der Waals surface area contributed by atoms with Crippen molar-refractivity contribution >= 4 is 11.3 Å². The monoisotopic (exact) mass is 317 g/mol. The van der Waals surface area contributed by atoms with E-state index in [0.29, 0.717) is 18.4 Å². The number of likely N-dealkylation sites (tertiary alicyclic amines) is 1. The number of rotatable bonds is 6. The lowest BCUT2D eigenvalue weighted by Gasteiger charge is -2.16. The van der Waals surface area contributed by atoms with Crippen LogP contribution in [0.5, 0.6) is 0 Å². The van der Waals surface area contributed by atoms with Crippen LogP contribution >= 0.6 is 11.3 Å². The number of nitrogens with two attached hydrogens (primary N) is 1. The maximum absolute atomic E-state index is 6.00. The predicted molar refractivity (Wildman–Crippen MR) is 89.8 cm³/mol. The first-order valence-electron chi connectivity index (χ1n) is 7.69. The lowest BCUT2D eigenvalue weighted by atomic mass is 9.89. The van der Waals surface area contributed by atoms with Crippen LogP contribution in [0.1, 0.15) is 22.2 Å². The van der Waals surface area contributed by atoms with E-state index in [1.54, 1.807) is 18.4 Å². The molecule has 0 aliphatic carbocycles. The van der Waals surface area contributed by atoms with E-state index in [1.807, 2.05) is 0 Å². The molecule has 2 heterocycles. The number of hydrogen-bond donors (Lipinski definition) is 1. The summed E-state index contributed by atoms with van der Waals surface area (Å²) < 4.78 is 5.14. The van der Waals surface area contributed by atoms with Gasteiger partial charge in [0, 0.05) is 38.0 Å². The van der Waals surface area contributed by atoms with Gasteiger partial charge in [0.25, 0.3) is 0 Å². The normalized spacial score (nSPS) is 22.3. The number of methoxy groups -OCH3 is 1. The Morgan fingerprint density at radius 3 is 2.86 bits per heavy atom. The van der Waals surface area contributed by atoms with Crippen LogP contribution in [0.25, 0.3) is 0 Å². The second-order valence-electron chi connectivity index (χ2n) is 5.87. The molecule has 118 valence electrons. The molecule has 22 heavy (non-hydrogen) atoms. The SMILES string of the molecule is COCc1nc(CN2C[C@@H](CN)[C@H](c3ccccc3)C2)cs1. The van der Waals surface area contributed by atoms with Gasteiger partial charge in [-0.3, -0.25) is 4.90 Å². The Balaban J connectivity index is 1.66. The van der Waals surface area contributed by atoms with E-state index in [4.69, 9.17) is 10.5 Å². The highest BCUT2D eigenvalue weighted by atomic mass is 32.1. The van der Waals surface area contributed by atoms with Crippen molar-refractivity contribution in [3.63, 3.8) is 0 Å². The molecule has 1 aliphatic rings. The van der Waals surface area contributed by atoms with Gasteiger partial charge >= 0.3 is 0 Å². The van der Waals surface area contributed by atoms with Crippen molar-refractivity contribution < 1.29 is 4.74 Å². The number of ether oxygens (including phenoxy) is 1. The van der Waals surface area contributed by atoms with Gasteiger partial charge in [-0.1, -0.05) is 30.3 Å². The molecule has 2 atom stereocenters. The highest BCUT2D eigenvalue weighted by Gasteiger charge is 2.32. The maximum atomic E-state index is 6.00. The van der Waals surface area contributed by atoms with Crippen molar-refractivity contribution in [3.8, 4) is 0 Å². The van der Waals surface area contributed by atoms with Gasteiger partial charge < -0.3 is 10.5 Å². The van der Waals surface area contributed by atoms with Crippen LogP contribution in [0.2, 0.25) is 0 Å². The van der Waals surface area contributed by atoms with Gasteiger partial charge in [-0.25, -0.2) is 4.98 Å². The molecule has 0 bridgehead atoms. The Bertz CT molecular complexity index is 587. The third-order valence-electron chi connectivity index (χ3n) is 4.30. The van der Waals surface area contributed by atoms with Crippen LogP contribution in [-0.2, 0) is 17.9 Å². The topological polar surface area (TPSA) is 51.4 Å². The number of nitrogens with zero attached hydrogens (tertiary/aromatic N) is 2. The molecule has 0 spiro atoms. The number of aromatic nitrogens is 1. The minimum atomic E-state index is 0.527. The Morgan fingerprint density at radius 1 is 1.32 bits per heavy atom.